The molecule has 0 fully saturated rings. The van der Waals surface area contributed by atoms with Gasteiger partial charge < -0.3 is 82.2 Å². The van der Waals surface area contributed by atoms with Crippen molar-refractivity contribution in [2.24, 2.45) is 4.99 Å². The number of rotatable bonds is 3. The molecule has 82 heavy (non-hydrogen) atoms. The molecule has 6 bridgehead atoms. The maximum absolute atomic E-state index is 13.7. The average molecular weight is 1150 g/mol. The number of aliphatic hydroxyl groups excluding tert-OH is 1. The van der Waals surface area contributed by atoms with Gasteiger partial charge in [-0.15, -0.1) is 0 Å². The van der Waals surface area contributed by atoms with Crippen LogP contribution >= 0.6 is 11.8 Å². The van der Waals surface area contributed by atoms with Crippen LogP contribution in [0.3, 0.4) is 0 Å². The number of allylic oxidation sites excluding steroid dienone is 3. The van der Waals surface area contributed by atoms with E-state index in [0.29, 0.717) is 5.03 Å². The minimum Gasteiger partial charge on any atom is -0.477 e. The molecule has 0 aliphatic carbocycles. The Hall–Kier alpha value is -10.5. The van der Waals surface area contributed by atoms with Crippen LogP contribution in [0.4, 0.5) is 0 Å². The van der Waals surface area contributed by atoms with Crippen molar-refractivity contribution in [2.45, 2.75) is 71.4 Å². The smallest absolute Gasteiger partial charge is 0.353 e. The van der Waals surface area contributed by atoms with Crippen LogP contribution in [-0.4, -0.2) is 131 Å². The number of aliphatic hydroxyl groups is 2. The molecule has 0 aromatic carbocycles. The van der Waals surface area contributed by atoms with Crippen molar-refractivity contribution < 1.29 is 76.9 Å². The molecule has 4 atom stereocenters. The number of hydrogen-bond acceptors (Lipinski definition) is 20. The number of aliphatic carboxylic acids is 1. The number of aryl methyl sites for hydroxylation is 2. The lowest BCUT2D eigenvalue weighted by Crippen LogP contribution is -2.58. The summed E-state index contributed by atoms with van der Waals surface area (Å²) < 4.78 is 11.1. The summed E-state index contributed by atoms with van der Waals surface area (Å²) in [6.45, 7) is 28.8. The highest BCUT2D eigenvalue weighted by Gasteiger charge is 2.39. The quantitative estimate of drug-likeness (QED) is 0.157. The van der Waals surface area contributed by atoms with Crippen molar-refractivity contribution in [1.82, 2.24) is 68.0 Å². The minimum atomic E-state index is -2.04. The number of amides is 10. The molecule has 0 saturated carbocycles. The number of hydrogen-bond donors (Lipinski definition) is 13. The van der Waals surface area contributed by atoms with Crippen LogP contribution in [-0.2, 0) is 43.2 Å². The fourth-order valence-electron chi connectivity index (χ4n) is 7.27. The molecular weight excluding hydrogens is 1100 g/mol. The van der Waals surface area contributed by atoms with Crippen LogP contribution in [0.5, 0.6) is 0 Å². The van der Waals surface area contributed by atoms with Gasteiger partial charge in [0.15, 0.2) is 11.4 Å². The second-order valence-corrected chi connectivity index (χ2v) is 19.1. The van der Waals surface area contributed by atoms with Crippen molar-refractivity contribution >= 4 is 93.9 Å². The van der Waals surface area contributed by atoms with Gasteiger partial charge in [-0.3, -0.25) is 52.9 Å². The standard InChI is InChI=1S/C51H52N14O16S/c1-13-28-48-63-34(26(10)81-48)45(75)56-19(3)38(68)53-22(6)41(71)64-36(51(11,12)79)46(76)57-23(7)47-62-33(25(9)80-47)44(74)55-18(2)37(67)52-20(4)39(69)60-30-16-65-31(50(77)78)17-82-49(65)27-14-15-29(58-35(27)30)42(72)54-21(5)40(70)61-32(24(8)66)43(73)59-28/h13-17,24,29,32,36,66,79H,2-7H2,1,8-12H3,(H,52,67)(H,53,68)(H,54,72)(H,55,74)(H,56,75)(H,57,76)(H,59,73)(H,60,69)(H,61,70)(H,64,71)(H,77,78)/b28-13+. The van der Waals surface area contributed by atoms with Gasteiger partial charge in [0.2, 0.25) is 23.6 Å². The van der Waals surface area contributed by atoms with E-state index in [-0.39, 0.29) is 45.8 Å². The lowest BCUT2D eigenvalue weighted by atomic mass is 9.97. The maximum atomic E-state index is 13.7. The van der Waals surface area contributed by atoms with E-state index in [1.165, 1.54) is 55.5 Å². The van der Waals surface area contributed by atoms with Gasteiger partial charge in [0.25, 0.3) is 47.3 Å². The first-order valence-corrected chi connectivity index (χ1v) is 24.6. The Morgan fingerprint density at radius 1 is 0.683 bits per heavy atom. The largest absolute Gasteiger partial charge is 0.477 e. The van der Waals surface area contributed by atoms with Gasteiger partial charge in [-0.2, -0.15) is 0 Å². The van der Waals surface area contributed by atoms with Crippen LogP contribution in [0.2, 0.25) is 0 Å². The first-order chi connectivity index (χ1) is 38.3. The molecule has 6 heterocycles. The van der Waals surface area contributed by atoms with Crippen molar-refractivity contribution in [2.75, 3.05) is 0 Å². The van der Waals surface area contributed by atoms with E-state index < -0.39 is 146 Å². The van der Waals surface area contributed by atoms with Crippen molar-refractivity contribution in [1.29, 1.82) is 0 Å². The van der Waals surface area contributed by atoms with Gasteiger partial charge in [-0.05, 0) is 47.6 Å². The van der Waals surface area contributed by atoms with E-state index in [0.717, 1.165) is 32.5 Å². The van der Waals surface area contributed by atoms with Gasteiger partial charge in [0.1, 0.15) is 35.3 Å². The lowest BCUT2D eigenvalue weighted by Gasteiger charge is -2.30. The topological polar surface area (TPSA) is 436 Å². The Bertz CT molecular complexity index is 3510. The number of oxazole rings is 2. The van der Waals surface area contributed by atoms with E-state index in [1.54, 1.807) is 0 Å². The zero-order valence-corrected chi connectivity index (χ0v) is 45.1. The van der Waals surface area contributed by atoms with Gasteiger partial charge in [0.05, 0.1) is 68.0 Å². The number of carbonyl (C=O) groups is 11. The number of nitrogens with one attached hydrogen (secondary N) is 10. The molecule has 6 rings (SSSR count). The number of fused-ring (bicyclic) bond motifs is 6. The van der Waals surface area contributed by atoms with Crippen molar-refractivity contribution in [3.63, 3.8) is 0 Å². The Labute approximate surface area is 468 Å². The highest BCUT2D eigenvalue weighted by molar-refractivity contribution is 8.06. The van der Waals surface area contributed by atoms with Gasteiger partial charge >= 0.3 is 5.97 Å². The van der Waals surface area contributed by atoms with E-state index in [4.69, 9.17) is 8.83 Å². The number of carboxylic acid groups (broad SMARTS) is 1. The SMILES string of the molecule is C=C1NC(=O)c2nc(oc2C)C(=C)NC(=O)C(C(C)(C)O)NC(=O)C(=C)NC(=O)C(=C)NC(=O)c2nc(oc2C)/C(=C\C)NC(=O)C(C(C)O)NC(=O)C(=C)NC(=O)C2C=CC3=C4SC=C(C(=O)O)N4C=C(NC(=O)C(=C)NC1=O)C3=N2. The third-order valence-corrected chi connectivity index (χ3v) is 12.5. The molecule has 2 aromatic heterocycles. The van der Waals surface area contributed by atoms with Crippen LogP contribution in [0, 0.1) is 13.8 Å². The molecule has 4 aliphatic heterocycles. The second-order valence-electron chi connectivity index (χ2n) is 18.3. The highest BCUT2D eigenvalue weighted by Crippen LogP contribution is 2.42. The molecule has 0 radical (unpaired) electrons. The predicted molar refractivity (Wildman–Crippen MR) is 287 cm³/mol. The Morgan fingerprint density at radius 3 is 1.71 bits per heavy atom. The second kappa shape index (κ2) is 24.2. The molecule has 13 N–H and O–H groups in total. The molecule has 4 unspecified atom stereocenters. The summed E-state index contributed by atoms with van der Waals surface area (Å²) in [5, 5.41) is 55.6. The normalized spacial score (nSPS) is 21.8. The molecule has 30 nitrogen and oxygen atoms in total. The minimum absolute atomic E-state index is 0.0811. The van der Waals surface area contributed by atoms with Crippen molar-refractivity contribution in [3.8, 4) is 0 Å². The third kappa shape index (κ3) is 13.5. The number of nitrogens with zero attached hydrogens (tertiary/aromatic N) is 4. The summed E-state index contributed by atoms with van der Waals surface area (Å²) >= 11 is 0.981. The van der Waals surface area contributed by atoms with E-state index >= 15 is 0 Å². The monoisotopic (exact) mass is 1150 g/mol. The van der Waals surface area contributed by atoms with Crippen LogP contribution in [0.25, 0.3) is 11.4 Å². The van der Waals surface area contributed by atoms with Crippen LogP contribution < -0.4 is 53.2 Å². The first kappa shape index (κ1) is 60.7. The number of carbonyl (C=O) groups excluding carboxylic acids is 10. The van der Waals surface area contributed by atoms with Crippen LogP contribution in [0.15, 0.2) is 134 Å². The number of dihydropyridines is 1. The van der Waals surface area contributed by atoms with E-state index in [9.17, 15) is 68.1 Å². The molecule has 0 spiro atoms. The summed E-state index contributed by atoms with van der Waals surface area (Å²) in [5.74, 6) is -13.6. The number of thioether (sulfide) groups is 1. The van der Waals surface area contributed by atoms with Gasteiger partial charge in [-0.1, -0.05) is 63.4 Å². The zero-order chi connectivity index (χ0) is 61.0. The number of aliphatic imine (C=N–C) groups is 1. The third-order valence-electron chi connectivity index (χ3n) is 11.5. The highest BCUT2D eigenvalue weighted by atomic mass is 32.2. The van der Waals surface area contributed by atoms with E-state index in [2.05, 4.69) is 108 Å². The zero-order valence-electron chi connectivity index (χ0n) is 44.3. The summed E-state index contributed by atoms with van der Waals surface area (Å²) in [6, 6.07) is -5.04. The molecule has 31 heteroatoms. The molecule has 428 valence electrons. The number of carboxylic acids is 1. The Kier molecular flexibility index (Phi) is 17.9. The lowest BCUT2D eigenvalue weighted by molar-refractivity contribution is -0.134. The Morgan fingerprint density at radius 2 is 1.17 bits per heavy atom. The van der Waals surface area contributed by atoms with Gasteiger partial charge in [-0.25, -0.2) is 14.8 Å². The summed E-state index contributed by atoms with van der Waals surface area (Å²) in [5.41, 5.74) is -7.11. The molecular formula is C51H52N14O16S. The fraction of sp³-hybridized carbons (Fsp3) is 0.216. The predicted octanol–water partition coefficient (Wildman–Crippen LogP) is -1.41. The summed E-state index contributed by atoms with van der Waals surface area (Å²) in [4.78, 5) is 160. The molecule has 10 amide bonds. The number of aromatic nitrogens is 2. The van der Waals surface area contributed by atoms with E-state index in [1.807, 2.05) is 0 Å². The first-order valence-electron chi connectivity index (χ1n) is 23.7. The molecule has 4 aliphatic rings. The average Bonchev–Trinajstić information content (AvgIpc) is 2.41. The summed E-state index contributed by atoms with van der Waals surface area (Å²) in [6.07, 6.45) is 3.55. The van der Waals surface area contributed by atoms with Crippen LogP contribution in [0.1, 0.15) is 72.0 Å². The molecule has 2 aromatic rings. The van der Waals surface area contributed by atoms with Gasteiger partial charge in [0, 0.05) is 17.2 Å². The Balaban J connectivity index is 1.29. The molecule has 0 saturated heterocycles. The fourth-order valence-corrected chi connectivity index (χ4v) is 8.27. The van der Waals surface area contributed by atoms with Crippen molar-refractivity contribution in [3.05, 3.63) is 154 Å². The maximum Gasteiger partial charge on any atom is 0.353 e. The summed E-state index contributed by atoms with van der Waals surface area (Å²) in [7, 11) is 0.